The lowest BCUT2D eigenvalue weighted by Gasteiger charge is -2.47. The number of carbonyl (C=O) groups is 4. The number of rotatable bonds is 10. The summed E-state index contributed by atoms with van der Waals surface area (Å²) in [6.07, 6.45) is 31.6. The van der Waals surface area contributed by atoms with Crippen LogP contribution in [0.4, 0.5) is 0 Å². The first kappa shape index (κ1) is 42.5. The summed E-state index contributed by atoms with van der Waals surface area (Å²) in [6.45, 7) is 7.44. The van der Waals surface area contributed by atoms with Crippen LogP contribution in [-0.2, 0) is 28.7 Å². The van der Waals surface area contributed by atoms with Gasteiger partial charge in [-0.05, 0) is 170 Å². The van der Waals surface area contributed by atoms with E-state index in [0.29, 0.717) is 11.8 Å². The molecule has 7 aliphatic carbocycles. The first-order valence-electron chi connectivity index (χ1n) is 25.6. The smallest absolute Gasteiger partial charge is 0.233 e. The van der Waals surface area contributed by atoms with Crippen LogP contribution in [0.5, 0.6) is 0 Å². The summed E-state index contributed by atoms with van der Waals surface area (Å²) in [5, 5.41) is 0. The van der Waals surface area contributed by atoms with E-state index in [9.17, 15) is 19.2 Å². The van der Waals surface area contributed by atoms with Gasteiger partial charge in [0.1, 0.15) is 0 Å². The molecule has 2 heterocycles. The molecule has 6 unspecified atom stereocenters. The van der Waals surface area contributed by atoms with Gasteiger partial charge in [0.15, 0.2) is 0 Å². The molecule has 7 saturated carbocycles. The van der Waals surface area contributed by atoms with Gasteiger partial charge in [-0.2, -0.15) is 0 Å². The molecule has 0 aromatic carbocycles. The molecule has 9 aliphatic rings. The van der Waals surface area contributed by atoms with Gasteiger partial charge in [-0.25, -0.2) is 0 Å². The molecule has 6 atom stereocenters. The number of amides is 4. The zero-order chi connectivity index (χ0) is 40.8. The molecule has 0 N–H and O–H groups in total. The summed E-state index contributed by atoms with van der Waals surface area (Å²) in [6, 6.07) is 0.259. The Labute approximate surface area is 356 Å². The van der Waals surface area contributed by atoms with Crippen LogP contribution in [0.3, 0.4) is 0 Å². The maximum absolute atomic E-state index is 13.9. The first-order chi connectivity index (χ1) is 28.5. The zero-order valence-electron chi connectivity index (χ0n) is 37.3. The van der Waals surface area contributed by atoms with Crippen LogP contribution in [-0.4, -0.2) is 69.9 Å². The number of carbonyl (C=O) groups excluding carboxylic acids is 4. The average Bonchev–Trinajstić information content (AvgIpc) is 3.65. The second-order valence-electron chi connectivity index (χ2n) is 22.8. The van der Waals surface area contributed by atoms with Gasteiger partial charge in [0.05, 0.1) is 48.1 Å². The second kappa shape index (κ2) is 18.1. The fourth-order valence-corrected chi connectivity index (χ4v) is 15.1. The molecule has 9 fully saturated rings. The average molecular weight is 817 g/mol. The molecular formula is C51H80N2O6. The highest BCUT2D eigenvalue weighted by Gasteiger charge is 2.54. The van der Waals surface area contributed by atoms with Crippen molar-refractivity contribution in [3.05, 3.63) is 0 Å². The van der Waals surface area contributed by atoms with Crippen molar-refractivity contribution in [3.63, 3.8) is 0 Å². The Morgan fingerprint density at radius 2 is 0.831 bits per heavy atom. The van der Waals surface area contributed by atoms with Crippen molar-refractivity contribution in [1.29, 1.82) is 0 Å². The largest absolute Gasteiger partial charge is 0.375 e. The van der Waals surface area contributed by atoms with Crippen LogP contribution >= 0.6 is 0 Å². The number of ether oxygens (including phenoxy) is 2. The molecule has 2 saturated heterocycles. The number of imide groups is 2. The van der Waals surface area contributed by atoms with Gasteiger partial charge in [-0.15, -0.1) is 0 Å². The van der Waals surface area contributed by atoms with Gasteiger partial charge in [-0.1, -0.05) is 65.7 Å². The van der Waals surface area contributed by atoms with E-state index in [1.54, 1.807) is 9.80 Å². The van der Waals surface area contributed by atoms with Crippen molar-refractivity contribution in [2.45, 2.75) is 237 Å². The Morgan fingerprint density at radius 1 is 0.441 bits per heavy atom. The number of hydrogen-bond acceptors (Lipinski definition) is 6. The number of hydrogen-bond donors (Lipinski definition) is 0. The van der Waals surface area contributed by atoms with E-state index in [2.05, 4.69) is 20.8 Å². The van der Waals surface area contributed by atoms with Crippen molar-refractivity contribution in [3.8, 4) is 0 Å². The van der Waals surface area contributed by atoms with Gasteiger partial charge in [0.25, 0.3) is 0 Å². The maximum Gasteiger partial charge on any atom is 0.233 e. The molecule has 8 nitrogen and oxygen atoms in total. The van der Waals surface area contributed by atoms with Crippen molar-refractivity contribution >= 4 is 23.6 Å². The molecule has 2 aliphatic heterocycles. The molecule has 59 heavy (non-hydrogen) atoms. The quantitative estimate of drug-likeness (QED) is 0.204. The van der Waals surface area contributed by atoms with E-state index in [-0.39, 0.29) is 89.2 Å². The summed E-state index contributed by atoms with van der Waals surface area (Å²) >= 11 is 0. The molecule has 0 spiro atoms. The Bertz CT molecular complexity index is 1490. The van der Waals surface area contributed by atoms with Gasteiger partial charge < -0.3 is 9.47 Å². The van der Waals surface area contributed by atoms with Gasteiger partial charge in [0.2, 0.25) is 23.6 Å². The van der Waals surface area contributed by atoms with E-state index >= 15 is 0 Å². The molecule has 0 aromatic heterocycles. The van der Waals surface area contributed by atoms with Crippen molar-refractivity contribution in [1.82, 2.24) is 9.80 Å². The van der Waals surface area contributed by atoms with Crippen LogP contribution < -0.4 is 0 Å². The molecule has 4 amide bonds. The molecule has 0 bridgehead atoms. The maximum atomic E-state index is 13.9. The molecule has 8 heteroatoms. The minimum absolute atomic E-state index is 0.102. The standard InChI is InChI=1S/C51H80N2O6/c1-32-9-11-33(12-10-32)29-34-13-19-38(20-14-34)53-48(55)44-28-26-42(31-46(44)50(53)57)59-40-23-17-36(18-24-40)51(2,3)35-15-21-39(22-16-35)58-41-25-27-43-45(30-41)49(56)52(47(43)54)37-7-5-4-6-8-37/h32-46H,4-31H2,1-3H3. The monoisotopic (exact) mass is 817 g/mol. The third kappa shape index (κ3) is 8.90. The lowest BCUT2D eigenvalue weighted by molar-refractivity contribution is -0.145. The fourth-order valence-electron chi connectivity index (χ4n) is 15.1. The highest BCUT2D eigenvalue weighted by molar-refractivity contribution is 6.06. The summed E-state index contributed by atoms with van der Waals surface area (Å²) in [7, 11) is 0. The van der Waals surface area contributed by atoms with Crippen LogP contribution in [0.25, 0.3) is 0 Å². The molecule has 330 valence electrons. The van der Waals surface area contributed by atoms with Crippen molar-refractivity contribution < 1.29 is 28.7 Å². The van der Waals surface area contributed by atoms with Crippen LogP contribution in [0.2, 0.25) is 0 Å². The van der Waals surface area contributed by atoms with Crippen LogP contribution in [0, 0.1) is 58.7 Å². The summed E-state index contributed by atoms with van der Waals surface area (Å²) in [5.41, 5.74) is 0.277. The number of nitrogens with zero attached hydrogens (tertiary/aromatic N) is 2. The third-order valence-corrected chi connectivity index (χ3v) is 19.0. The lowest BCUT2D eigenvalue weighted by atomic mass is 9.60. The highest BCUT2D eigenvalue weighted by Crippen LogP contribution is 2.51. The van der Waals surface area contributed by atoms with E-state index in [0.717, 1.165) is 120 Å². The summed E-state index contributed by atoms with van der Waals surface area (Å²) < 4.78 is 13.6. The Morgan fingerprint density at radius 3 is 1.29 bits per heavy atom. The highest BCUT2D eigenvalue weighted by atomic mass is 16.5. The molecule has 0 aromatic rings. The molecular weight excluding hydrogens is 737 g/mol. The van der Waals surface area contributed by atoms with Gasteiger partial charge >= 0.3 is 0 Å². The number of likely N-dealkylation sites (tertiary alicyclic amines) is 2. The fraction of sp³-hybridized carbons (Fsp3) is 0.922. The first-order valence-corrected chi connectivity index (χ1v) is 25.6. The second-order valence-corrected chi connectivity index (χ2v) is 22.8. The van der Waals surface area contributed by atoms with Gasteiger partial charge in [-0.3, -0.25) is 29.0 Å². The minimum atomic E-state index is -0.168. The van der Waals surface area contributed by atoms with E-state index < -0.39 is 0 Å². The van der Waals surface area contributed by atoms with Crippen molar-refractivity contribution in [2.75, 3.05) is 0 Å². The summed E-state index contributed by atoms with van der Waals surface area (Å²) in [5.74, 6) is 3.89. The Hall–Kier alpha value is -1.80. The molecule has 9 rings (SSSR count). The van der Waals surface area contributed by atoms with Crippen molar-refractivity contribution in [2.24, 2.45) is 58.7 Å². The SMILES string of the molecule is CC1CCC(CC2CCC(N3C(=O)C4CCC(OC5CCC(C(C)(C)C6CCC(OC7CCC8C(=O)N(C9CCCCC9)C(=O)C8C7)CC6)CC5)CC4C3=O)CC2)CC1. The predicted molar refractivity (Wildman–Crippen MR) is 229 cm³/mol. The molecule has 0 radical (unpaired) electrons. The van der Waals surface area contributed by atoms with Crippen LogP contribution in [0.15, 0.2) is 0 Å². The van der Waals surface area contributed by atoms with Gasteiger partial charge in [0, 0.05) is 12.1 Å². The van der Waals surface area contributed by atoms with E-state index in [1.165, 1.54) is 77.0 Å². The minimum Gasteiger partial charge on any atom is -0.375 e. The Balaban J connectivity index is 0.688. The zero-order valence-corrected chi connectivity index (χ0v) is 37.3. The predicted octanol–water partition coefficient (Wildman–Crippen LogP) is 10.6. The van der Waals surface area contributed by atoms with Crippen LogP contribution in [0.1, 0.15) is 201 Å². The van der Waals surface area contributed by atoms with E-state index in [1.807, 2.05) is 0 Å². The normalized spacial score (nSPS) is 42.9. The number of fused-ring (bicyclic) bond motifs is 2. The Kier molecular flexibility index (Phi) is 13.1. The topological polar surface area (TPSA) is 93.2 Å². The third-order valence-electron chi connectivity index (χ3n) is 19.0. The summed E-state index contributed by atoms with van der Waals surface area (Å²) in [4.78, 5) is 57.9. The van der Waals surface area contributed by atoms with E-state index in [4.69, 9.17) is 9.47 Å². The lowest BCUT2D eigenvalue weighted by Crippen LogP contribution is -2.43.